The molecule has 0 radical (unpaired) electrons. The minimum absolute atomic E-state index is 0.156. The number of amides is 1. The van der Waals surface area contributed by atoms with Gasteiger partial charge in [0.05, 0.1) is 11.4 Å². The first-order chi connectivity index (χ1) is 10.4. The SMILES string of the molecule is O=C(N[C@@H]1CC[C@H](C(=O)O)C1)c1cc2c(F)cc(Br)cc2[nH]1. The Kier molecular flexibility index (Phi) is 3.90. The zero-order valence-electron chi connectivity index (χ0n) is 11.5. The summed E-state index contributed by atoms with van der Waals surface area (Å²) in [5, 5.41) is 12.1. The largest absolute Gasteiger partial charge is 0.481 e. The summed E-state index contributed by atoms with van der Waals surface area (Å²) in [5.74, 6) is -1.98. The van der Waals surface area contributed by atoms with Gasteiger partial charge in [0.15, 0.2) is 0 Å². The minimum Gasteiger partial charge on any atom is -0.481 e. The van der Waals surface area contributed by atoms with Gasteiger partial charge in [-0.1, -0.05) is 15.9 Å². The third-order valence-corrected chi connectivity index (χ3v) is 4.47. The summed E-state index contributed by atoms with van der Waals surface area (Å²) in [6, 6.07) is 4.35. The summed E-state index contributed by atoms with van der Waals surface area (Å²) in [6.45, 7) is 0. The molecule has 1 aliphatic carbocycles. The van der Waals surface area contributed by atoms with Crippen molar-refractivity contribution in [1.29, 1.82) is 0 Å². The van der Waals surface area contributed by atoms with Crippen molar-refractivity contribution in [3.05, 3.63) is 34.2 Å². The molecule has 5 nitrogen and oxygen atoms in total. The van der Waals surface area contributed by atoms with Crippen LogP contribution in [0.15, 0.2) is 22.7 Å². The van der Waals surface area contributed by atoms with Gasteiger partial charge in [-0.15, -0.1) is 0 Å². The Hall–Kier alpha value is -1.89. The Morgan fingerprint density at radius 3 is 2.77 bits per heavy atom. The van der Waals surface area contributed by atoms with Gasteiger partial charge in [-0.05, 0) is 37.5 Å². The number of nitrogens with one attached hydrogen (secondary N) is 2. The molecule has 0 unspecified atom stereocenters. The number of carbonyl (C=O) groups is 2. The lowest BCUT2D eigenvalue weighted by molar-refractivity contribution is -0.141. The predicted octanol–water partition coefficient (Wildman–Crippen LogP) is 3.05. The van der Waals surface area contributed by atoms with Crippen LogP contribution in [0.25, 0.3) is 10.9 Å². The molecule has 1 fully saturated rings. The molecule has 2 aromatic rings. The maximum absolute atomic E-state index is 13.8. The number of aromatic nitrogens is 1. The molecule has 1 amide bonds. The van der Waals surface area contributed by atoms with Gasteiger partial charge >= 0.3 is 5.97 Å². The molecule has 1 aromatic heterocycles. The molecule has 0 saturated heterocycles. The summed E-state index contributed by atoms with van der Waals surface area (Å²) in [5.41, 5.74) is 0.803. The van der Waals surface area contributed by atoms with Crippen LogP contribution >= 0.6 is 15.9 Å². The summed E-state index contributed by atoms with van der Waals surface area (Å²) in [6.07, 6.45) is 1.64. The van der Waals surface area contributed by atoms with Crippen LogP contribution < -0.4 is 5.32 Å². The van der Waals surface area contributed by atoms with Crippen LogP contribution in [-0.4, -0.2) is 28.0 Å². The topological polar surface area (TPSA) is 82.2 Å². The van der Waals surface area contributed by atoms with Crippen molar-refractivity contribution in [2.75, 3.05) is 0 Å². The molecule has 22 heavy (non-hydrogen) atoms. The molecule has 1 heterocycles. The van der Waals surface area contributed by atoms with E-state index < -0.39 is 17.7 Å². The summed E-state index contributed by atoms with van der Waals surface area (Å²) in [4.78, 5) is 26.0. The van der Waals surface area contributed by atoms with Gasteiger partial charge in [-0.2, -0.15) is 0 Å². The Balaban J connectivity index is 1.76. The van der Waals surface area contributed by atoms with Crippen molar-refractivity contribution in [3.63, 3.8) is 0 Å². The smallest absolute Gasteiger partial charge is 0.306 e. The second kappa shape index (κ2) is 5.72. The number of aliphatic carboxylic acids is 1. The van der Waals surface area contributed by atoms with Gasteiger partial charge in [0.25, 0.3) is 5.91 Å². The Morgan fingerprint density at radius 1 is 1.32 bits per heavy atom. The molecular weight excluding hydrogens is 355 g/mol. The summed E-state index contributed by atoms with van der Waals surface area (Å²) < 4.78 is 14.4. The number of rotatable bonds is 3. The third kappa shape index (κ3) is 2.85. The number of carbonyl (C=O) groups excluding carboxylic acids is 1. The molecule has 2 atom stereocenters. The van der Waals surface area contributed by atoms with E-state index in [0.717, 1.165) is 0 Å². The molecule has 7 heteroatoms. The van der Waals surface area contributed by atoms with Gasteiger partial charge in [0.2, 0.25) is 0 Å². The highest BCUT2D eigenvalue weighted by Crippen LogP contribution is 2.27. The Labute approximate surface area is 134 Å². The maximum atomic E-state index is 13.8. The summed E-state index contributed by atoms with van der Waals surface area (Å²) >= 11 is 3.20. The quantitative estimate of drug-likeness (QED) is 0.778. The van der Waals surface area contributed by atoms with E-state index in [1.165, 1.54) is 12.1 Å². The first-order valence-electron chi connectivity index (χ1n) is 6.95. The highest BCUT2D eigenvalue weighted by molar-refractivity contribution is 9.10. The van der Waals surface area contributed by atoms with Gasteiger partial charge < -0.3 is 15.4 Å². The van der Waals surface area contributed by atoms with E-state index in [1.807, 2.05) is 0 Å². The first kappa shape index (κ1) is 15.0. The van der Waals surface area contributed by atoms with Gasteiger partial charge in [-0.3, -0.25) is 9.59 Å². The van der Waals surface area contributed by atoms with E-state index in [9.17, 15) is 14.0 Å². The number of hydrogen-bond donors (Lipinski definition) is 3. The molecule has 1 aromatic carbocycles. The number of carboxylic acid groups (broad SMARTS) is 1. The lowest BCUT2D eigenvalue weighted by atomic mass is 10.1. The van der Waals surface area contributed by atoms with Crippen LogP contribution in [-0.2, 0) is 4.79 Å². The van der Waals surface area contributed by atoms with Crippen LogP contribution in [0.2, 0.25) is 0 Å². The van der Waals surface area contributed by atoms with Gasteiger partial charge in [-0.25, -0.2) is 4.39 Å². The van der Waals surface area contributed by atoms with Crippen LogP contribution in [0.4, 0.5) is 4.39 Å². The highest BCUT2D eigenvalue weighted by Gasteiger charge is 2.30. The summed E-state index contributed by atoms with van der Waals surface area (Å²) in [7, 11) is 0. The van der Waals surface area contributed by atoms with Crippen LogP contribution in [0, 0.1) is 11.7 Å². The average molecular weight is 369 g/mol. The zero-order chi connectivity index (χ0) is 15.9. The lowest BCUT2D eigenvalue weighted by Gasteiger charge is -2.11. The number of fused-ring (bicyclic) bond motifs is 1. The van der Waals surface area contributed by atoms with Gasteiger partial charge in [0.1, 0.15) is 11.5 Å². The normalized spacial score (nSPS) is 21.2. The van der Waals surface area contributed by atoms with Crippen LogP contribution in [0.5, 0.6) is 0 Å². The lowest BCUT2D eigenvalue weighted by Crippen LogP contribution is -2.33. The number of carboxylic acids is 1. The van der Waals surface area contributed by atoms with Crippen molar-refractivity contribution in [3.8, 4) is 0 Å². The van der Waals surface area contributed by atoms with Crippen LogP contribution in [0.1, 0.15) is 29.8 Å². The van der Waals surface area contributed by atoms with Crippen LogP contribution in [0.3, 0.4) is 0 Å². The average Bonchev–Trinajstić information content (AvgIpc) is 3.05. The molecule has 3 N–H and O–H groups in total. The monoisotopic (exact) mass is 368 g/mol. The molecule has 116 valence electrons. The molecule has 0 aliphatic heterocycles. The van der Waals surface area contributed by atoms with Crippen molar-refractivity contribution in [2.24, 2.45) is 5.92 Å². The Morgan fingerprint density at radius 2 is 2.09 bits per heavy atom. The highest BCUT2D eigenvalue weighted by atomic mass is 79.9. The van der Waals surface area contributed by atoms with Gasteiger partial charge in [0, 0.05) is 15.9 Å². The van der Waals surface area contributed by atoms with E-state index in [4.69, 9.17) is 5.11 Å². The fourth-order valence-electron chi connectivity index (χ4n) is 2.88. The van der Waals surface area contributed by atoms with E-state index >= 15 is 0 Å². The fourth-order valence-corrected chi connectivity index (χ4v) is 3.31. The third-order valence-electron chi connectivity index (χ3n) is 4.01. The second-order valence-corrected chi connectivity index (χ2v) is 6.47. The molecule has 3 rings (SSSR count). The fraction of sp³-hybridized carbons (Fsp3) is 0.333. The van der Waals surface area contributed by atoms with E-state index in [2.05, 4.69) is 26.2 Å². The van der Waals surface area contributed by atoms with E-state index in [-0.39, 0.29) is 17.6 Å². The van der Waals surface area contributed by atoms with Crippen molar-refractivity contribution < 1.29 is 19.1 Å². The molecular formula is C15H14BrFN2O3. The number of halogens is 2. The van der Waals surface area contributed by atoms with Crippen molar-refractivity contribution in [2.45, 2.75) is 25.3 Å². The molecule has 0 spiro atoms. The predicted molar refractivity (Wildman–Crippen MR) is 82.2 cm³/mol. The maximum Gasteiger partial charge on any atom is 0.306 e. The molecule has 1 saturated carbocycles. The van der Waals surface area contributed by atoms with E-state index in [0.29, 0.717) is 34.6 Å². The van der Waals surface area contributed by atoms with Crippen molar-refractivity contribution >= 4 is 38.7 Å². The molecule has 1 aliphatic rings. The number of aromatic amines is 1. The zero-order valence-corrected chi connectivity index (χ0v) is 13.1. The standard InChI is InChI=1S/C15H14BrFN2O3/c16-8-4-11(17)10-6-13(19-12(10)5-8)14(20)18-9-2-1-7(3-9)15(21)22/h4-7,9,19H,1-3H2,(H,18,20)(H,21,22)/t7-,9+/m0/s1. The number of hydrogen-bond acceptors (Lipinski definition) is 2. The first-order valence-corrected chi connectivity index (χ1v) is 7.75. The number of H-pyrrole nitrogens is 1. The Bertz CT molecular complexity index is 759. The van der Waals surface area contributed by atoms with Crippen molar-refractivity contribution in [1.82, 2.24) is 10.3 Å². The second-order valence-electron chi connectivity index (χ2n) is 5.55. The van der Waals surface area contributed by atoms with E-state index in [1.54, 1.807) is 6.07 Å². The molecule has 0 bridgehead atoms. The number of benzene rings is 1. The minimum atomic E-state index is -0.825.